The topological polar surface area (TPSA) is 9.23 Å². The van der Waals surface area contributed by atoms with Crippen LogP contribution in [0.4, 0.5) is 0 Å². The highest BCUT2D eigenvalue weighted by Gasteiger charge is 2.05. The molecule has 0 radical (unpaired) electrons. The number of hydrogen-bond acceptors (Lipinski definition) is 1. The van der Waals surface area contributed by atoms with Crippen molar-refractivity contribution < 1.29 is 4.74 Å². The molecule has 0 atom stereocenters. The van der Waals surface area contributed by atoms with Gasteiger partial charge in [0.25, 0.3) is 0 Å². The Morgan fingerprint density at radius 1 is 0.941 bits per heavy atom. The van der Waals surface area contributed by atoms with Crippen LogP contribution in [0, 0.1) is 13.8 Å². The van der Waals surface area contributed by atoms with E-state index in [1.54, 1.807) is 7.11 Å². The zero-order chi connectivity index (χ0) is 12.4. The fourth-order valence-electron chi connectivity index (χ4n) is 1.77. The number of aryl methyl sites for hydroxylation is 2. The van der Waals surface area contributed by atoms with Gasteiger partial charge in [-0.25, -0.2) is 0 Å². The van der Waals surface area contributed by atoms with Gasteiger partial charge in [0.15, 0.2) is 0 Å². The highest BCUT2D eigenvalue weighted by atomic mass is 79.9. The normalized spacial score (nSPS) is 10.4. The molecule has 0 aliphatic heterocycles. The lowest BCUT2D eigenvalue weighted by Gasteiger charge is -2.09. The maximum atomic E-state index is 5.17. The molecule has 1 nitrogen and oxygen atoms in total. The number of rotatable bonds is 2. The average Bonchev–Trinajstić information content (AvgIpc) is 2.34. The number of hydrogen-bond donors (Lipinski definition) is 0. The van der Waals surface area contributed by atoms with Crippen LogP contribution >= 0.6 is 15.9 Å². The third-order valence-corrected chi connectivity index (χ3v) is 3.64. The molecule has 0 aromatic heterocycles. The summed E-state index contributed by atoms with van der Waals surface area (Å²) in [5, 5.41) is 0. The van der Waals surface area contributed by atoms with Crippen LogP contribution in [0.1, 0.15) is 11.1 Å². The van der Waals surface area contributed by atoms with Crippen LogP contribution in [0.25, 0.3) is 11.1 Å². The summed E-state index contributed by atoms with van der Waals surface area (Å²) in [6.07, 6.45) is 0. The maximum Gasteiger partial charge on any atom is 0.118 e. The van der Waals surface area contributed by atoms with Crippen LogP contribution in [0.5, 0.6) is 5.75 Å². The molecular formula is C15H15BrO. The fraction of sp³-hybridized carbons (Fsp3) is 0.200. The number of benzene rings is 2. The van der Waals surface area contributed by atoms with E-state index in [0.29, 0.717) is 0 Å². The number of halogens is 1. The van der Waals surface area contributed by atoms with Crippen LogP contribution in [0.3, 0.4) is 0 Å². The van der Waals surface area contributed by atoms with Gasteiger partial charge >= 0.3 is 0 Å². The minimum Gasteiger partial charge on any atom is -0.497 e. The molecule has 0 fully saturated rings. The summed E-state index contributed by atoms with van der Waals surface area (Å²) in [4.78, 5) is 0. The van der Waals surface area contributed by atoms with Crippen LogP contribution in [-0.4, -0.2) is 7.11 Å². The van der Waals surface area contributed by atoms with Gasteiger partial charge in [0.1, 0.15) is 5.75 Å². The van der Waals surface area contributed by atoms with E-state index in [1.807, 2.05) is 12.1 Å². The van der Waals surface area contributed by atoms with Crippen molar-refractivity contribution in [3.63, 3.8) is 0 Å². The summed E-state index contributed by atoms with van der Waals surface area (Å²) >= 11 is 3.62. The van der Waals surface area contributed by atoms with Crippen molar-refractivity contribution >= 4 is 15.9 Å². The molecule has 0 saturated heterocycles. The molecule has 0 amide bonds. The molecule has 2 aromatic rings. The molecule has 2 rings (SSSR count). The maximum absolute atomic E-state index is 5.17. The Morgan fingerprint density at radius 3 is 2.12 bits per heavy atom. The molecule has 88 valence electrons. The van der Waals surface area contributed by atoms with Crippen molar-refractivity contribution in [3.8, 4) is 16.9 Å². The molecule has 2 aromatic carbocycles. The van der Waals surface area contributed by atoms with Crippen molar-refractivity contribution in [2.24, 2.45) is 0 Å². The summed E-state index contributed by atoms with van der Waals surface area (Å²) in [7, 11) is 1.68. The molecule has 0 heterocycles. The van der Waals surface area contributed by atoms with E-state index in [9.17, 15) is 0 Å². The smallest absolute Gasteiger partial charge is 0.118 e. The monoisotopic (exact) mass is 290 g/mol. The van der Waals surface area contributed by atoms with Gasteiger partial charge in [-0.1, -0.05) is 34.1 Å². The Labute approximate surface area is 111 Å². The summed E-state index contributed by atoms with van der Waals surface area (Å²) in [5.41, 5.74) is 5.02. The van der Waals surface area contributed by atoms with E-state index in [-0.39, 0.29) is 0 Å². The zero-order valence-electron chi connectivity index (χ0n) is 10.3. The van der Waals surface area contributed by atoms with Gasteiger partial charge in [0, 0.05) is 4.47 Å². The predicted octanol–water partition coefficient (Wildman–Crippen LogP) is 4.74. The average molecular weight is 291 g/mol. The van der Waals surface area contributed by atoms with E-state index in [2.05, 4.69) is 54.0 Å². The minimum absolute atomic E-state index is 0.883. The largest absolute Gasteiger partial charge is 0.497 e. The summed E-state index contributed by atoms with van der Waals surface area (Å²) < 4.78 is 6.30. The van der Waals surface area contributed by atoms with Gasteiger partial charge in [-0.15, -0.1) is 0 Å². The lowest BCUT2D eigenvalue weighted by Crippen LogP contribution is -1.87. The van der Waals surface area contributed by atoms with Crippen molar-refractivity contribution in [2.75, 3.05) is 7.11 Å². The van der Waals surface area contributed by atoms with Crippen LogP contribution in [0.15, 0.2) is 40.9 Å². The van der Waals surface area contributed by atoms with Gasteiger partial charge in [-0.05, 0) is 54.3 Å². The molecule has 17 heavy (non-hydrogen) atoms. The van der Waals surface area contributed by atoms with Gasteiger partial charge in [0.2, 0.25) is 0 Å². The Kier molecular flexibility index (Phi) is 3.53. The molecule has 0 aliphatic rings. The lowest BCUT2D eigenvalue weighted by molar-refractivity contribution is 0.415. The van der Waals surface area contributed by atoms with E-state index in [4.69, 9.17) is 4.74 Å². The molecule has 0 bridgehead atoms. The SMILES string of the molecule is COc1ccc(-c2cc(C)c(C)cc2Br)cc1. The molecule has 2 heteroatoms. The minimum atomic E-state index is 0.883. The number of ether oxygens (including phenoxy) is 1. The summed E-state index contributed by atoms with van der Waals surface area (Å²) in [6.45, 7) is 4.26. The first kappa shape index (κ1) is 12.2. The number of methoxy groups -OCH3 is 1. The fourth-order valence-corrected chi connectivity index (χ4v) is 2.46. The first-order valence-electron chi connectivity index (χ1n) is 5.53. The highest BCUT2D eigenvalue weighted by molar-refractivity contribution is 9.10. The van der Waals surface area contributed by atoms with Crippen LogP contribution < -0.4 is 4.74 Å². The second-order valence-electron chi connectivity index (χ2n) is 4.14. The van der Waals surface area contributed by atoms with E-state index in [0.717, 1.165) is 10.2 Å². The third-order valence-electron chi connectivity index (χ3n) is 2.98. The second kappa shape index (κ2) is 4.92. The molecule has 0 aliphatic carbocycles. The Hall–Kier alpha value is -1.28. The quantitative estimate of drug-likeness (QED) is 0.776. The van der Waals surface area contributed by atoms with E-state index >= 15 is 0 Å². The van der Waals surface area contributed by atoms with E-state index < -0.39 is 0 Å². The molecule has 0 N–H and O–H groups in total. The van der Waals surface area contributed by atoms with Gasteiger partial charge in [-0.3, -0.25) is 0 Å². The van der Waals surface area contributed by atoms with Crippen LogP contribution in [0.2, 0.25) is 0 Å². The molecular weight excluding hydrogens is 276 g/mol. The molecule has 0 spiro atoms. The standard InChI is InChI=1S/C15H15BrO/c1-10-8-14(15(16)9-11(10)2)12-4-6-13(17-3)7-5-12/h4-9H,1-3H3. The van der Waals surface area contributed by atoms with Crippen molar-refractivity contribution in [1.82, 2.24) is 0 Å². The lowest BCUT2D eigenvalue weighted by atomic mass is 10.0. The van der Waals surface area contributed by atoms with Gasteiger partial charge in [-0.2, -0.15) is 0 Å². The van der Waals surface area contributed by atoms with Crippen molar-refractivity contribution in [3.05, 3.63) is 52.0 Å². The van der Waals surface area contributed by atoms with Crippen molar-refractivity contribution in [1.29, 1.82) is 0 Å². The Morgan fingerprint density at radius 2 is 1.53 bits per heavy atom. The zero-order valence-corrected chi connectivity index (χ0v) is 11.8. The Bertz CT molecular complexity index is 529. The predicted molar refractivity (Wildman–Crippen MR) is 75.6 cm³/mol. The first-order valence-corrected chi connectivity index (χ1v) is 6.32. The van der Waals surface area contributed by atoms with Crippen molar-refractivity contribution in [2.45, 2.75) is 13.8 Å². The second-order valence-corrected chi connectivity index (χ2v) is 5.00. The first-order chi connectivity index (χ1) is 8.11. The summed E-state index contributed by atoms with van der Waals surface area (Å²) in [5.74, 6) is 0.883. The molecule has 0 unspecified atom stereocenters. The van der Waals surface area contributed by atoms with Crippen LogP contribution in [-0.2, 0) is 0 Å². The van der Waals surface area contributed by atoms with E-state index in [1.165, 1.54) is 22.3 Å². The third kappa shape index (κ3) is 2.52. The molecule has 0 saturated carbocycles. The van der Waals surface area contributed by atoms with Gasteiger partial charge < -0.3 is 4.74 Å². The van der Waals surface area contributed by atoms with Gasteiger partial charge in [0.05, 0.1) is 7.11 Å². The highest BCUT2D eigenvalue weighted by Crippen LogP contribution is 2.31. The summed E-state index contributed by atoms with van der Waals surface area (Å²) in [6, 6.07) is 12.5. The Balaban J connectivity index is 2.48.